The van der Waals surface area contributed by atoms with Gasteiger partial charge in [0.05, 0.1) is 23.3 Å². The highest BCUT2D eigenvalue weighted by molar-refractivity contribution is 9.10. The first kappa shape index (κ1) is 16.3. The number of halogens is 2. The van der Waals surface area contributed by atoms with Crippen LogP contribution in [0.4, 0.5) is 5.69 Å². The molecule has 0 aliphatic heterocycles. The molecule has 0 unspecified atom stereocenters. The van der Waals surface area contributed by atoms with Crippen LogP contribution >= 0.6 is 27.5 Å². The first-order valence-corrected chi connectivity index (χ1v) is 7.38. The normalized spacial score (nSPS) is 10.3. The highest BCUT2D eigenvalue weighted by atomic mass is 79.9. The van der Waals surface area contributed by atoms with Gasteiger partial charge in [-0.3, -0.25) is 4.79 Å². The van der Waals surface area contributed by atoms with Gasteiger partial charge >= 0.3 is 0 Å². The van der Waals surface area contributed by atoms with E-state index in [1.165, 1.54) is 0 Å². The zero-order chi connectivity index (χ0) is 14.3. The van der Waals surface area contributed by atoms with Crippen molar-refractivity contribution >= 4 is 39.1 Å². The molecule has 0 spiro atoms. The molecule has 0 radical (unpaired) electrons. The van der Waals surface area contributed by atoms with Crippen molar-refractivity contribution in [1.82, 2.24) is 5.32 Å². The van der Waals surface area contributed by atoms with Gasteiger partial charge in [-0.25, -0.2) is 0 Å². The molecule has 6 heteroatoms. The fraction of sp³-hybridized carbons (Fsp3) is 0.462. The molecule has 0 heterocycles. The van der Waals surface area contributed by atoms with Crippen LogP contribution in [0.1, 0.15) is 20.3 Å². The van der Waals surface area contributed by atoms with Gasteiger partial charge in [-0.2, -0.15) is 0 Å². The first-order chi connectivity index (χ1) is 9.08. The molecule has 2 N–H and O–H groups in total. The molecule has 0 atom stereocenters. The number of benzene rings is 1. The van der Waals surface area contributed by atoms with E-state index in [4.69, 9.17) is 16.3 Å². The minimum atomic E-state index is -0.122. The first-order valence-electron chi connectivity index (χ1n) is 6.20. The predicted molar refractivity (Wildman–Crippen MR) is 82.1 cm³/mol. The maximum absolute atomic E-state index is 11.8. The summed E-state index contributed by atoms with van der Waals surface area (Å²) in [6, 6.07) is 3.41. The number of amides is 1. The van der Waals surface area contributed by atoms with Crippen molar-refractivity contribution in [3.05, 3.63) is 21.6 Å². The molecule has 19 heavy (non-hydrogen) atoms. The Hall–Kier alpha value is -0.780. The Kier molecular flexibility index (Phi) is 7.20. The Morgan fingerprint density at radius 2 is 2.16 bits per heavy atom. The van der Waals surface area contributed by atoms with Crippen LogP contribution in [-0.4, -0.2) is 25.6 Å². The standard InChI is InChI=1S/C13H18BrClN2O2/c1-3-5-16-8-12(18)17-11-7-9(15)6-10(14)13(11)19-4-2/h6-7,16H,3-5,8H2,1-2H3,(H,17,18). The highest BCUT2D eigenvalue weighted by Crippen LogP contribution is 2.36. The van der Waals surface area contributed by atoms with Crippen molar-refractivity contribution in [2.45, 2.75) is 20.3 Å². The Morgan fingerprint density at radius 3 is 2.79 bits per heavy atom. The van der Waals surface area contributed by atoms with Gasteiger partial charge in [0.2, 0.25) is 5.91 Å². The van der Waals surface area contributed by atoms with Crippen LogP contribution in [0.25, 0.3) is 0 Å². The number of hydrogen-bond donors (Lipinski definition) is 2. The number of carbonyl (C=O) groups is 1. The molecular weight excluding hydrogens is 332 g/mol. The van der Waals surface area contributed by atoms with Crippen molar-refractivity contribution in [2.75, 3.05) is 25.0 Å². The van der Waals surface area contributed by atoms with E-state index in [9.17, 15) is 4.79 Å². The van der Waals surface area contributed by atoms with Crippen molar-refractivity contribution in [3.8, 4) is 5.75 Å². The van der Waals surface area contributed by atoms with E-state index < -0.39 is 0 Å². The zero-order valence-corrected chi connectivity index (χ0v) is 13.4. The van der Waals surface area contributed by atoms with E-state index in [0.29, 0.717) is 23.1 Å². The second-order valence-corrected chi connectivity index (χ2v) is 5.21. The predicted octanol–water partition coefficient (Wildman–Crippen LogP) is 3.44. The molecule has 4 nitrogen and oxygen atoms in total. The molecule has 0 saturated carbocycles. The lowest BCUT2D eigenvalue weighted by Gasteiger charge is -2.14. The third-order valence-electron chi connectivity index (χ3n) is 2.28. The van der Waals surface area contributed by atoms with Crippen LogP contribution in [0.2, 0.25) is 5.02 Å². The molecule has 0 fully saturated rings. The van der Waals surface area contributed by atoms with E-state index in [1.54, 1.807) is 12.1 Å². The third kappa shape index (κ3) is 5.38. The summed E-state index contributed by atoms with van der Waals surface area (Å²) in [7, 11) is 0. The average Bonchev–Trinajstić information content (AvgIpc) is 2.34. The van der Waals surface area contributed by atoms with Gasteiger partial charge in [0.15, 0.2) is 5.75 Å². The molecule has 106 valence electrons. The van der Waals surface area contributed by atoms with Crippen LogP contribution in [0.15, 0.2) is 16.6 Å². The van der Waals surface area contributed by atoms with Gasteiger partial charge in [-0.1, -0.05) is 18.5 Å². The maximum Gasteiger partial charge on any atom is 0.238 e. The summed E-state index contributed by atoms with van der Waals surface area (Å²) in [4.78, 5) is 11.8. The lowest BCUT2D eigenvalue weighted by atomic mass is 10.3. The quantitative estimate of drug-likeness (QED) is 0.741. The summed E-state index contributed by atoms with van der Waals surface area (Å²) in [5, 5.41) is 6.37. The fourth-order valence-corrected chi connectivity index (χ4v) is 2.44. The van der Waals surface area contributed by atoms with Crippen LogP contribution in [-0.2, 0) is 4.79 Å². The number of ether oxygens (including phenoxy) is 1. The number of rotatable bonds is 7. The minimum Gasteiger partial charge on any atom is -0.491 e. The lowest BCUT2D eigenvalue weighted by Crippen LogP contribution is -2.28. The molecule has 0 bridgehead atoms. The van der Waals surface area contributed by atoms with E-state index in [-0.39, 0.29) is 12.5 Å². The van der Waals surface area contributed by atoms with Crippen LogP contribution in [0.5, 0.6) is 5.75 Å². The molecule has 1 aromatic carbocycles. The smallest absolute Gasteiger partial charge is 0.238 e. The summed E-state index contributed by atoms with van der Waals surface area (Å²) in [5.74, 6) is 0.472. The van der Waals surface area contributed by atoms with E-state index in [1.807, 2.05) is 13.8 Å². The van der Waals surface area contributed by atoms with Gasteiger partial charge in [-0.05, 0) is 48.0 Å². The second kappa shape index (κ2) is 8.40. The monoisotopic (exact) mass is 348 g/mol. The van der Waals surface area contributed by atoms with Crippen molar-refractivity contribution in [2.24, 2.45) is 0 Å². The summed E-state index contributed by atoms with van der Waals surface area (Å²) in [6.45, 7) is 5.52. The molecule has 0 aliphatic rings. The molecule has 1 rings (SSSR count). The number of carbonyl (C=O) groups excluding carboxylic acids is 1. The summed E-state index contributed by atoms with van der Waals surface area (Å²) < 4.78 is 6.23. The van der Waals surface area contributed by atoms with E-state index in [0.717, 1.165) is 17.4 Å². The van der Waals surface area contributed by atoms with Crippen molar-refractivity contribution in [1.29, 1.82) is 0 Å². The molecule has 0 saturated heterocycles. The molecule has 1 aromatic rings. The van der Waals surface area contributed by atoms with Crippen molar-refractivity contribution < 1.29 is 9.53 Å². The number of nitrogens with one attached hydrogen (secondary N) is 2. The topological polar surface area (TPSA) is 50.4 Å². The molecule has 0 aliphatic carbocycles. The summed E-state index contributed by atoms with van der Waals surface area (Å²) >= 11 is 9.36. The van der Waals surface area contributed by atoms with Gasteiger partial charge in [-0.15, -0.1) is 0 Å². The lowest BCUT2D eigenvalue weighted by molar-refractivity contribution is -0.115. The maximum atomic E-state index is 11.8. The van der Waals surface area contributed by atoms with Gasteiger partial charge in [0, 0.05) is 5.02 Å². The van der Waals surface area contributed by atoms with Crippen LogP contribution in [0.3, 0.4) is 0 Å². The SMILES string of the molecule is CCCNCC(=O)Nc1cc(Cl)cc(Br)c1OCC. The molecule has 1 amide bonds. The van der Waals surface area contributed by atoms with Gasteiger partial charge in [0.25, 0.3) is 0 Å². The summed E-state index contributed by atoms with van der Waals surface area (Å²) in [5.41, 5.74) is 0.574. The third-order valence-corrected chi connectivity index (χ3v) is 3.09. The Morgan fingerprint density at radius 1 is 1.42 bits per heavy atom. The molecular formula is C13H18BrClN2O2. The zero-order valence-electron chi connectivity index (χ0n) is 11.1. The number of hydrogen-bond acceptors (Lipinski definition) is 3. The van der Waals surface area contributed by atoms with Crippen molar-refractivity contribution in [3.63, 3.8) is 0 Å². The van der Waals surface area contributed by atoms with E-state index in [2.05, 4.69) is 26.6 Å². The van der Waals surface area contributed by atoms with Gasteiger partial charge < -0.3 is 15.4 Å². The number of anilines is 1. The Labute approximate surface area is 127 Å². The average molecular weight is 350 g/mol. The summed E-state index contributed by atoms with van der Waals surface area (Å²) in [6.07, 6.45) is 0.986. The Bertz CT molecular complexity index is 441. The van der Waals surface area contributed by atoms with Crippen LogP contribution in [0, 0.1) is 0 Å². The Balaban J connectivity index is 2.78. The van der Waals surface area contributed by atoms with Gasteiger partial charge in [0.1, 0.15) is 0 Å². The minimum absolute atomic E-state index is 0.122. The second-order valence-electron chi connectivity index (χ2n) is 3.92. The largest absolute Gasteiger partial charge is 0.491 e. The highest BCUT2D eigenvalue weighted by Gasteiger charge is 2.12. The van der Waals surface area contributed by atoms with E-state index >= 15 is 0 Å². The fourth-order valence-electron chi connectivity index (χ4n) is 1.52. The molecule has 0 aromatic heterocycles. The van der Waals surface area contributed by atoms with Crippen LogP contribution < -0.4 is 15.4 Å².